The molecule has 1 aromatic carbocycles. The lowest BCUT2D eigenvalue weighted by molar-refractivity contribution is -0.145. The summed E-state index contributed by atoms with van der Waals surface area (Å²) in [5.74, 6) is 0.746. The molecule has 0 heterocycles. The molecule has 0 N–H and O–H groups in total. The summed E-state index contributed by atoms with van der Waals surface area (Å²) in [6.45, 7) is 14.2. The molecule has 0 spiro atoms. The standard InChI is InChI=1S/C45H82O12/c1-3-5-7-9-11-13-15-17-43-19-21-44(22-20-43)56-41-39-54-37-35-52-33-31-50-29-27-48-25-23-47-24-26-49-28-30-51-32-34-53-36-38-55-40-42-57-45(46)18-16-14-12-10-8-6-4-2/h19-22H,3-18,23-42H2,1-2H3. The number of benzene rings is 1. The van der Waals surface area contributed by atoms with E-state index in [4.69, 9.17) is 52.1 Å². The lowest BCUT2D eigenvalue weighted by atomic mass is 10.0. The van der Waals surface area contributed by atoms with E-state index in [-0.39, 0.29) is 12.6 Å². The number of carbonyl (C=O) groups is 1. The smallest absolute Gasteiger partial charge is 0.305 e. The van der Waals surface area contributed by atoms with Crippen LogP contribution in [0.5, 0.6) is 5.75 Å². The number of unbranched alkanes of at least 4 members (excludes halogenated alkanes) is 12. The van der Waals surface area contributed by atoms with E-state index in [1.165, 1.54) is 82.6 Å². The fourth-order valence-corrected chi connectivity index (χ4v) is 5.63. The van der Waals surface area contributed by atoms with Crippen molar-refractivity contribution in [3.63, 3.8) is 0 Å². The van der Waals surface area contributed by atoms with Crippen LogP contribution in [-0.2, 0) is 58.6 Å². The molecule has 1 rings (SSSR count). The minimum atomic E-state index is -0.139. The lowest BCUT2D eigenvalue weighted by Gasteiger charge is -2.09. The van der Waals surface area contributed by atoms with Gasteiger partial charge in [0.2, 0.25) is 0 Å². The van der Waals surface area contributed by atoms with Crippen LogP contribution >= 0.6 is 0 Å². The van der Waals surface area contributed by atoms with Crippen LogP contribution in [0.1, 0.15) is 116 Å². The summed E-state index contributed by atoms with van der Waals surface area (Å²) in [4.78, 5) is 11.7. The molecule has 0 radical (unpaired) electrons. The molecule has 0 aromatic heterocycles. The highest BCUT2D eigenvalue weighted by Gasteiger charge is 2.03. The summed E-state index contributed by atoms with van der Waals surface area (Å²) in [5.41, 5.74) is 1.38. The summed E-state index contributed by atoms with van der Waals surface area (Å²) in [7, 11) is 0. The Labute approximate surface area is 346 Å². The number of esters is 1. The first kappa shape index (κ1) is 53.1. The van der Waals surface area contributed by atoms with E-state index in [0.29, 0.717) is 132 Å². The molecule has 0 unspecified atom stereocenters. The molecule has 0 saturated heterocycles. The molecule has 0 atom stereocenters. The average Bonchev–Trinajstić information content (AvgIpc) is 3.22. The first-order valence-electron chi connectivity index (χ1n) is 22.3. The Hall–Kier alpha value is -1.87. The van der Waals surface area contributed by atoms with Crippen molar-refractivity contribution in [2.24, 2.45) is 0 Å². The Morgan fingerprint density at radius 3 is 1.07 bits per heavy atom. The topological polar surface area (TPSA) is 119 Å². The Morgan fingerprint density at radius 2 is 0.684 bits per heavy atom. The molecule has 0 saturated carbocycles. The van der Waals surface area contributed by atoms with Crippen LogP contribution in [0.15, 0.2) is 24.3 Å². The second-order valence-electron chi connectivity index (χ2n) is 14.0. The highest BCUT2D eigenvalue weighted by Crippen LogP contribution is 2.15. The normalized spacial score (nSPS) is 11.4. The molecule has 57 heavy (non-hydrogen) atoms. The Balaban J connectivity index is 1.68. The average molecular weight is 815 g/mol. The highest BCUT2D eigenvalue weighted by atomic mass is 16.6. The Kier molecular flexibility index (Phi) is 42.2. The van der Waals surface area contributed by atoms with Crippen LogP contribution in [0.25, 0.3) is 0 Å². The van der Waals surface area contributed by atoms with Gasteiger partial charge < -0.3 is 52.1 Å². The molecule has 0 fully saturated rings. The zero-order chi connectivity index (χ0) is 40.8. The predicted molar refractivity (Wildman–Crippen MR) is 225 cm³/mol. The van der Waals surface area contributed by atoms with E-state index in [9.17, 15) is 4.79 Å². The SMILES string of the molecule is CCCCCCCCCC(=O)OCCOCCOCCOCCOCCOCCOCCOCCOCCOCCOc1ccc(CCCCCCCCC)cc1. The maximum atomic E-state index is 11.7. The Morgan fingerprint density at radius 1 is 0.368 bits per heavy atom. The van der Waals surface area contributed by atoms with Crippen molar-refractivity contribution in [1.29, 1.82) is 0 Å². The van der Waals surface area contributed by atoms with Crippen molar-refractivity contribution in [2.45, 2.75) is 117 Å². The van der Waals surface area contributed by atoms with Crippen LogP contribution in [0.4, 0.5) is 0 Å². The molecule has 1 aromatic rings. The second kappa shape index (κ2) is 45.2. The fraction of sp³-hybridized carbons (Fsp3) is 0.844. The molecule has 12 heteroatoms. The maximum absolute atomic E-state index is 11.7. The van der Waals surface area contributed by atoms with Crippen molar-refractivity contribution in [1.82, 2.24) is 0 Å². The van der Waals surface area contributed by atoms with Gasteiger partial charge in [-0.05, 0) is 37.0 Å². The van der Waals surface area contributed by atoms with Crippen LogP contribution in [0, 0.1) is 0 Å². The molecule has 0 bridgehead atoms. The maximum Gasteiger partial charge on any atom is 0.305 e. The monoisotopic (exact) mass is 815 g/mol. The summed E-state index contributed by atoms with van der Waals surface area (Å²) in [5, 5.41) is 0. The third kappa shape index (κ3) is 40.7. The zero-order valence-electron chi connectivity index (χ0n) is 36.2. The third-order valence-electron chi connectivity index (χ3n) is 8.94. The summed E-state index contributed by atoms with van der Waals surface area (Å²) < 4.78 is 60.7. The molecule has 334 valence electrons. The molecule has 0 amide bonds. The third-order valence-corrected chi connectivity index (χ3v) is 8.94. The Bertz CT molecular complexity index is 935. The number of rotatable bonds is 47. The molecular weight excluding hydrogens is 732 g/mol. The van der Waals surface area contributed by atoms with Gasteiger partial charge in [0, 0.05) is 6.42 Å². The van der Waals surface area contributed by atoms with Crippen molar-refractivity contribution < 1.29 is 56.9 Å². The van der Waals surface area contributed by atoms with Crippen molar-refractivity contribution in [3.05, 3.63) is 29.8 Å². The number of carbonyl (C=O) groups excluding carboxylic acids is 1. The van der Waals surface area contributed by atoms with Gasteiger partial charge in [-0.25, -0.2) is 0 Å². The van der Waals surface area contributed by atoms with E-state index in [2.05, 4.69) is 38.1 Å². The van der Waals surface area contributed by atoms with Crippen LogP contribution < -0.4 is 4.74 Å². The van der Waals surface area contributed by atoms with Crippen molar-refractivity contribution in [3.8, 4) is 5.75 Å². The van der Waals surface area contributed by atoms with Gasteiger partial charge in [0.15, 0.2) is 0 Å². The van der Waals surface area contributed by atoms with Crippen LogP contribution in [0.2, 0.25) is 0 Å². The van der Waals surface area contributed by atoms with Gasteiger partial charge in [-0.2, -0.15) is 0 Å². The number of ether oxygens (including phenoxy) is 11. The van der Waals surface area contributed by atoms with Gasteiger partial charge in [-0.1, -0.05) is 103 Å². The van der Waals surface area contributed by atoms with Gasteiger partial charge in [0.05, 0.1) is 119 Å². The number of aryl methyl sites for hydroxylation is 1. The number of hydrogen-bond donors (Lipinski definition) is 0. The van der Waals surface area contributed by atoms with E-state index in [0.717, 1.165) is 25.0 Å². The van der Waals surface area contributed by atoms with E-state index in [1.807, 2.05) is 0 Å². The first-order chi connectivity index (χ1) is 28.3. The summed E-state index contributed by atoms with van der Waals surface area (Å²) >= 11 is 0. The van der Waals surface area contributed by atoms with Crippen LogP contribution in [0.3, 0.4) is 0 Å². The summed E-state index contributed by atoms with van der Waals surface area (Å²) in [6.07, 6.45) is 19.3. The molecular formula is C45H82O12. The van der Waals surface area contributed by atoms with Crippen molar-refractivity contribution in [2.75, 3.05) is 132 Å². The minimum absolute atomic E-state index is 0.139. The van der Waals surface area contributed by atoms with Gasteiger partial charge in [-0.15, -0.1) is 0 Å². The van der Waals surface area contributed by atoms with Crippen LogP contribution in [-0.4, -0.2) is 138 Å². The fourth-order valence-electron chi connectivity index (χ4n) is 5.63. The molecule has 0 aliphatic carbocycles. The number of hydrogen-bond acceptors (Lipinski definition) is 12. The van der Waals surface area contributed by atoms with Gasteiger partial charge in [0.1, 0.15) is 19.0 Å². The quantitative estimate of drug-likeness (QED) is 0.0467. The molecule has 0 aliphatic rings. The van der Waals surface area contributed by atoms with Gasteiger partial charge in [-0.3, -0.25) is 4.79 Å². The zero-order valence-corrected chi connectivity index (χ0v) is 36.2. The van der Waals surface area contributed by atoms with E-state index < -0.39 is 0 Å². The summed E-state index contributed by atoms with van der Waals surface area (Å²) in [6, 6.07) is 8.45. The molecule has 0 aliphatic heterocycles. The lowest BCUT2D eigenvalue weighted by Crippen LogP contribution is -2.15. The van der Waals surface area contributed by atoms with Crippen molar-refractivity contribution >= 4 is 5.97 Å². The van der Waals surface area contributed by atoms with Gasteiger partial charge in [0.25, 0.3) is 0 Å². The minimum Gasteiger partial charge on any atom is -0.491 e. The van der Waals surface area contributed by atoms with E-state index >= 15 is 0 Å². The first-order valence-corrected chi connectivity index (χ1v) is 22.3. The van der Waals surface area contributed by atoms with Gasteiger partial charge >= 0.3 is 5.97 Å². The highest BCUT2D eigenvalue weighted by molar-refractivity contribution is 5.69. The largest absolute Gasteiger partial charge is 0.491 e. The van der Waals surface area contributed by atoms with E-state index in [1.54, 1.807) is 0 Å². The second-order valence-corrected chi connectivity index (χ2v) is 14.0. The molecule has 12 nitrogen and oxygen atoms in total. The predicted octanol–water partition coefficient (Wildman–Crippen LogP) is 8.19.